The molecular weight excluding hydrogens is 283 g/mol. The summed E-state index contributed by atoms with van der Waals surface area (Å²) in [5.74, 6) is 2.35. The summed E-state index contributed by atoms with van der Waals surface area (Å²) in [6.07, 6.45) is 9.05. The fourth-order valence-corrected chi connectivity index (χ4v) is 6.66. The number of halogens is 1. The average molecular weight is 304 g/mol. The number of benzene rings is 1. The van der Waals surface area contributed by atoms with Crippen molar-refractivity contribution < 1.29 is 9.18 Å². The van der Waals surface area contributed by atoms with Crippen LogP contribution in [0.25, 0.3) is 0 Å². The molecule has 0 heterocycles. The van der Waals surface area contributed by atoms with E-state index in [-0.39, 0.29) is 16.5 Å². The quantitative estimate of drug-likeness (QED) is 0.592. The molecule has 5 rings (SSSR count). The molecule has 4 saturated carbocycles. The molecule has 1 nitrogen and oxygen atoms in total. The van der Waals surface area contributed by atoms with E-state index in [0.29, 0.717) is 0 Å². The van der Waals surface area contributed by atoms with Gasteiger partial charge in [0, 0.05) is 4.90 Å². The third-order valence-corrected chi connectivity index (χ3v) is 7.30. The SMILES string of the molecule is O=CC(Sc1ccc(F)cc1)C12CC3CC(CC(C3)C1)C2. The number of carbonyl (C=O) groups is 1. The van der Waals surface area contributed by atoms with Crippen LogP contribution in [0.4, 0.5) is 4.39 Å². The number of carbonyl (C=O) groups excluding carboxylic acids is 1. The molecule has 112 valence electrons. The van der Waals surface area contributed by atoms with Crippen LogP contribution in [0.5, 0.6) is 0 Å². The summed E-state index contributed by atoms with van der Waals surface area (Å²) in [4.78, 5) is 12.8. The average Bonchev–Trinajstić information content (AvgIpc) is 2.45. The zero-order valence-electron chi connectivity index (χ0n) is 12.1. The van der Waals surface area contributed by atoms with E-state index >= 15 is 0 Å². The van der Waals surface area contributed by atoms with Gasteiger partial charge >= 0.3 is 0 Å². The van der Waals surface area contributed by atoms with Crippen molar-refractivity contribution in [1.29, 1.82) is 0 Å². The lowest BCUT2D eigenvalue weighted by molar-refractivity contribution is -0.114. The molecule has 0 aliphatic heterocycles. The molecule has 3 heteroatoms. The molecule has 1 aromatic rings. The van der Waals surface area contributed by atoms with Crippen molar-refractivity contribution in [3.8, 4) is 0 Å². The summed E-state index contributed by atoms with van der Waals surface area (Å²) in [5.41, 5.74) is 0.218. The van der Waals surface area contributed by atoms with Crippen molar-refractivity contribution >= 4 is 18.0 Å². The Hall–Kier alpha value is -0.830. The van der Waals surface area contributed by atoms with Gasteiger partial charge in [0.25, 0.3) is 0 Å². The lowest BCUT2D eigenvalue weighted by atomic mass is 9.49. The van der Waals surface area contributed by atoms with E-state index in [0.717, 1.165) is 22.6 Å². The maximum absolute atomic E-state index is 13.0. The lowest BCUT2D eigenvalue weighted by Crippen LogP contribution is -2.51. The molecule has 0 spiro atoms. The number of hydrogen-bond acceptors (Lipinski definition) is 2. The standard InChI is InChI=1S/C18H21FOS/c19-15-1-3-16(4-2-15)21-17(11-20)18-8-12-5-13(9-18)7-14(6-12)10-18/h1-4,11-14,17H,5-10H2. The van der Waals surface area contributed by atoms with Crippen molar-refractivity contribution in [3.05, 3.63) is 30.1 Å². The van der Waals surface area contributed by atoms with Crippen LogP contribution in [0, 0.1) is 29.0 Å². The highest BCUT2D eigenvalue weighted by molar-refractivity contribution is 8.00. The summed E-state index contributed by atoms with van der Waals surface area (Å²) in [7, 11) is 0. The second-order valence-electron chi connectivity index (χ2n) is 7.41. The van der Waals surface area contributed by atoms with Gasteiger partial charge in [-0.15, -0.1) is 11.8 Å². The maximum Gasteiger partial charge on any atom is 0.133 e. The molecule has 0 aromatic heterocycles. The molecule has 0 saturated heterocycles. The van der Waals surface area contributed by atoms with E-state index in [1.165, 1.54) is 56.9 Å². The van der Waals surface area contributed by atoms with Crippen molar-refractivity contribution in [3.63, 3.8) is 0 Å². The van der Waals surface area contributed by atoms with E-state index in [1.807, 2.05) is 0 Å². The minimum atomic E-state index is -0.211. The van der Waals surface area contributed by atoms with Crippen molar-refractivity contribution in [2.45, 2.75) is 48.7 Å². The summed E-state index contributed by atoms with van der Waals surface area (Å²) in [6.45, 7) is 0. The van der Waals surface area contributed by atoms with Gasteiger partial charge in [0.05, 0.1) is 5.25 Å². The molecule has 0 radical (unpaired) electrons. The Morgan fingerprint density at radius 3 is 2.05 bits per heavy atom. The largest absolute Gasteiger partial charge is 0.302 e. The summed E-state index contributed by atoms with van der Waals surface area (Å²) in [6, 6.07) is 6.59. The van der Waals surface area contributed by atoms with Crippen LogP contribution in [0.2, 0.25) is 0 Å². The molecule has 1 unspecified atom stereocenters. The number of hydrogen-bond donors (Lipinski definition) is 0. The van der Waals surface area contributed by atoms with Gasteiger partial charge in [0.15, 0.2) is 0 Å². The zero-order chi connectivity index (χ0) is 14.4. The number of rotatable bonds is 4. The first kappa shape index (κ1) is 13.8. The van der Waals surface area contributed by atoms with Crippen molar-refractivity contribution in [2.24, 2.45) is 23.2 Å². The van der Waals surface area contributed by atoms with Crippen molar-refractivity contribution in [1.82, 2.24) is 0 Å². The smallest absolute Gasteiger partial charge is 0.133 e. The van der Waals surface area contributed by atoms with Gasteiger partial charge in [-0.1, -0.05) is 0 Å². The van der Waals surface area contributed by atoms with Gasteiger partial charge in [-0.05, 0) is 86.0 Å². The first-order valence-electron chi connectivity index (χ1n) is 8.04. The van der Waals surface area contributed by atoms with Crippen LogP contribution < -0.4 is 0 Å². The highest BCUT2D eigenvalue weighted by Crippen LogP contribution is 2.63. The molecule has 4 bridgehead atoms. The third-order valence-electron chi connectivity index (χ3n) is 5.89. The minimum Gasteiger partial charge on any atom is -0.302 e. The normalized spacial score (nSPS) is 38.4. The molecule has 1 aromatic carbocycles. The Morgan fingerprint density at radius 1 is 1.05 bits per heavy atom. The number of thioether (sulfide) groups is 1. The van der Waals surface area contributed by atoms with Crippen LogP contribution in [0.1, 0.15) is 38.5 Å². The molecule has 4 aliphatic rings. The lowest BCUT2D eigenvalue weighted by Gasteiger charge is -2.58. The Balaban J connectivity index is 1.58. The third kappa shape index (κ3) is 2.44. The first-order valence-corrected chi connectivity index (χ1v) is 8.92. The Bertz CT molecular complexity index is 503. The monoisotopic (exact) mass is 304 g/mol. The van der Waals surface area contributed by atoms with Crippen LogP contribution in [0.3, 0.4) is 0 Å². The highest BCUT2D eigenvalue weighted by atomic mass is 32.2. The van der Waals surface area contributed by atoms with E-state index in [2.05, 4.69) is 0 Å². The van der Waals surface area contributed by atoms with Crippen LogP contribution in [0.15, 0.2) is 29.2 Å². The van der Waals surface area contributed by atoms with Crippen LogP contribution in [-0.4, -0.2) is 11.5 Å². The first-order chi connectivity index (χ1) is 10.2. The highest BCUT2D eigenvalue weighted by Gasteiger charge is 2.54. The van der Waals surface area contributed by atoms with Gasteiger partial charge in [-0.3, -0.25) is 0 Å². The van der Waals surface area contributed by atoms with Gasteiger partial charge in [-0.2, -0.15) is 0 Å². The topological polar surface area (TPSA) is 17.1 Å². The Morgan fingerprint density at radius 2 is 1.57 bits per heavy atom. The van der Waals surface area contributed by atoms with Gasteiger partial charge in [0.1, 0.15) is 12.1 Å². The van der Waals surface area contributed by atoms with Crippen LogP contribution >= 0.6 is 11.8 Å². The summed E-state index contributed by atoms with van der Waals surface area (Å²) < 4.78 is 13.0. The molecule has 4 fully saturated rings. The van der Waals surface area contributed by atoms with Crippen LogP contribution in [-0.2, 0) is 4.79 Å². The summed E-state index contributed by atoms with van der Waals surface area (Å²) >= 11 is 1.65. The van der Waals surface area contributed by atoms with Gasteiger partial charge in [0.2, 0.25) is 0 Å². The molecule has 21 heavy (non-hydrogen) atoms. The van der Waals surface area contributed by atoms with Crippen molar-refractivity contribution in [2.75, 3.05) is 0 Å². The predicted molar refractivity (Wildman–Crippen MR) is 82.7 cm³/mol. The fraction of sp³-hybridized carbons (Fsp3) is 0.611. The molecule has 0 N–H and O–H groups in total. The van der Waals surface area contributed by atoms with E-state index < -0.39 is 0 Å². The zero-order valence-corrected chi connectivity index (χ0v) is 12.9. The minimum absolute atomic E-state index is 0.0383. The Kier molecular flexibility index (Phi) is 3.36. The maximum atomic E-state index is 13.0. The fourth-order valence-electron chi connectivity index (χ4n) is 5.48. The van der Waals surface area contributed by atoms with E-state index in [1.54, 1.807) is 23.9 Å². The number of aldehydes is 1. The molecule has 4 aliphatic carbocycles. The van der Waals surface area contributed by atoms with Gasteiger partial charge < -0.3 is 4.79 Å². The predicted octanol–water partition coefficient (Wildman–Crippen LogP) is 4.70. The molecular formula is C18H21FOS. The van der Waals surface area contributed by atoms with Gasteiger partial charge in [-0.25, -0.2) is 4.39 Å². The van der Waals surface area contributed by atoms with E-state index in [4.69, 9.17) is 0 Å². The summed E-state index contributed by atoms with van der Waals surface area (Å²) in [5, 5.41) is 0.0383. The van der Waals surface area contributed by atoms with E-state index in [9.17, 15) is 9.18 Å². The molecule has 0 amide bonds. The second-order valence-corrected chi connectivity index (χ2v) is 8.62. The second kappa shape index (κ2) is 5.12. The Labute approximate surface area is 129 Å². The molecule has 1 atom stereocenters.